The largest absolute Gasteiger partial charge is 0.490 e. The molecule has 1 atom stereocenters. The lowest BCUT2D eigenvalue weighted by Gasteiger charge is -2.17. The number of ether oxygens (including phenoxy) is 1. The van der Waals surface area contributed by atoms with Gasteiger partial charge in [-0.25, -0.2) is 4.98 Å². The van der Waals surface area contributed by atoms with Crippen LogP contribution in [0.25, 0.3) is 0 Å². The Hall–Kier alpha value is -3.61. The summed E-state index contributed by atoms with van der Waals surface area (Å²) in [5.74, 6) is 0.0739. The topological polar surface area (TPSA) is 76.5 Å². The van der Waals surface area contributed by atoms with Crippen molar-refractivity contribution in [3.8, 4) is 5.75 Å². The number of hydrogen-bond donors (Lipinski definition) is 1. The molecule has 7 heteroatoms. The predicted octanol–water partition coefficient (Wildman–Crippen LogP) is 3.26. The van der Waals surface area contributed by atoms with Crippen molar-refractivity contribution in [1.82, 2.24) is 14.5 Å². The zero-order valence-electron chi connectivity index (χ0n) is 17.5. The Kier molecular flexibility index (Phi) is 6.31. The Morgan fingerprint density at radius 1 is 1.19 bits per heavy atom. The van der Waals surface area contributed by atoms with Crippen molar-refractivity contribution in [3.63, 3.8) is 0 Å². The number of carbonyl (C=O) groups is 2. The van der Waals surface area contributed by atoms with Gasteiger partial charge in [-0.3, -0.25) is 9.59 Å². The Labute approximate surface area is 181 Å². The van der Waals surface area contributed by atoms with Gasteiger partial charge < -0.3 is 19.5 Å². The van der Waals surface area contributed by atoms with Crippen LogP contribution in [0.2, 0.25) is 0 Å². The molecule has 1 aliphatic rings. The molecule has 1 unspecified atom stereocenters. The van der Waals surface area contributed by atoms with Gasteiger partial charge in [-0.15, -0.1) is 0 Å². The summed E-state index contributed by atoms with van der Waals surface area (Å²) in [6.45, 7) is 4.09. The lowest BCUT2D eigenvalue weighted by molar-refractivity contribution is -0.128. The SMILES string of the molecule is Cc1ccc(CN2CC(C(=O)Nc3ccccc3OCCn3ccnc3)CC2=O)cc1. The molecule has 31 heavy (non-hydrogen) atoms. The van der Waals surface area contributed by atoms with Crippen LogP contribution in [-0.4, -0.2) is 39.4 Å². The molecule has 2 heterocycles. The van der Waals surface area contributed by atoms with Crippen LogP contribution >= 0.6 is 0 Å². The number of carbonyl (C=O) groups excluding carboxylic acids is 2. The lowest BCUT2D eigenvalue weighted by Crippen LogP contribution is -2.28. The number of nitrogens with one attached hydrogen (secondary N) is 1. The normalized spacial score (nSPS) is 15.8. The van der Waals surface area contributed by atoms with E-state index in [1.165, 1.54) is 5.56 Å². The number of imidazole rings is 1. The van der Waals surface area contributed by atoms with Crippen molar-refractivity contribution >= 4 is 17.5 Å². The summed E-state index contributed by atoms with van der Waals surface area (Å²) in [6, 6.07) is 15.5. The zero-order chi connectivity index (χ0) is 21.6. The molecule has 1 fully saturated rings. The molecule has 1 aromatic heterocycles. The fourth-order valence-electron chi connectivity index (χ4n) is 3.63. The van der Waals surface area contributed by atoms with Crippen LogP contribution in [0.15, 0.2) is 67.3 Å². The van der Waals surface area contributed by atoms with Crippen LogP contribution in [0.5, 0.6) is 5.75 Å². The maximum Gasteiger partial charge on any atom is 0.229 e. The van der Waals surface area contributed by atoms with Gasteiger partial charge in [0, 0.05) is 31.9 Å². The van der Waals surface area contributed by atoms with E-state index in [1.54, 1.807) is 17.4 Å². The molecule has 3 aromatic rings. The van der Waals surface area contributed by atoms with Crippen molar-refractivity contribution in [1.29, 1.82) is 0 Å². The number of anilines is 1. The number of aromatic nitrogens is 2. The molecule has 1 saturated heterocycles. The molecule has 1 aliphatic heterocycles. The first-order chi connectivity index (χ1) is 15.1. The average Bonchev–Trinajstić information content (AvgIpc) is 3.41. The highest BCUT2D eigenvalue weighted by Gasteiger charge is 2.34. The van der Waals surface area contributed by atoms with E-state index < -0.39 is 0 Å². The van der Waals surface area contributed by atoms with Gasteiger partial charge in [-0.05, 0) is 24.6 Å². The minimum absolute atomic E-state index is 0.00518. The van der Waals surface area contributed by atoms with Gasteiger partial charge in [0.25, 0.3) is 0 Å². The second kappa shape index (κ2) is 9.47. The van der Waals surface area contributed by atoms with Gasteiger partial charge in [-0.2, -0.15) is 0 Å². The quantitative estimate of drug-likeness (QED) is 0.609. The molecule has 0 bridgehead atoms. The summed E-state index contributed by atoms with van der Waals surface area (Å²) in [7, 11) is 0. The van der Waals surface area contributed by atoms with Crippen molar-refractivity contribution in [3.05, 3.63) is 78.4 Å². The molecule has 2 amide bonds. The van der Waals surface area contributed by atoms with E-state index in [1.807, 2.05) is 66.2 Å². The summed E-state index contributed by atoms with van der Waals surface area (Å²) in [6.07, 6.45) is 5.55. The third kappa shape index (κ3) is 5.31. The average molecular weight is 418 g/mol. The summed E-state index contributed by atoms with van der Waals surface area (Å²) in [4.78, 5) is 31.1. The Bertz CT molecular complexity index is 1030. The van der Waals surface area contributed by atoms with Crippen molar-refractivity contribution in [2.24, 2.45) is 5.92 Å². The minimum Gasteiger partial charge on any atom is -0.490 e. The van der Waals surface area contributed by atoms with E-state index in [4.69, 9.17) is 4.74 Å². The summed E-state index contributed by atoms with van der Waals surface area (Å²) < 4.78 is 7.79. The molecule has 0 spiro atoms. The minimum atomic E-state index is -0.378. The Balaban J connectivity index is 1.34. The van der Waals surface area contributed by atoms with E-state index in [-0.39, 0.29) is 24.2 Å². The number of rotatable bonds is 8. The highest BCUT2D eigenvalue weighted by molar-refractivity contribution is 5.98. The molecule has 0 aliphatic carbocycles. The molecular weight excluding hydrogens is 392 g/mol. The molecule has 2 aromatic carbocycles. The van der Waals surface area contributed by atoms with Gasteiger partial charge in [0.15, 0.2) is 0 Å². The first kappa shape index (κ1) is 20.7. The number of hydrogen-bond acceptors (Lipinski definition) is 4. The van der Waals surface area contributed by atoms with Gasteiger partial charge in [-0.1, -0.05) is 42.0 Å². The van der Waals surface area contributed by atoms with E-state index in [0.717, 1.165) is 5.56 Å². The van der Waals surface area contributed by atoms with E-state index >= 15 is 0 Å². The highest BCUT2D eigenvalue weighted by atomic mass is 16.5. The predicted molar refractivity (Wildman–Crippen MR) is 117 cm³/mol. The maximum absolute atomic E-state index is 12.9. The third-order valence-corrected chi connectivity index (χ3v) is 5.39. The Morgan fingerprint density at radius 2 is 2.00 bits per heavy atom. The van der Waals surface area contributed by atoms with Crippen LogP contribution in [0.1, 0.15) is 17.5 Å². The van der Waals surface area contributed by atoms with Gasteiger partial charge in [0.05, 0.1) is 24.5 Å². The highest BCUT2D eigenvalue weighted by Crippen LogP contribution is 2.27. The van der Waals surface area contributed by atoms with E-state index in [9.17, 15) is 9.59 Å². The van der Waals surface area contributed by atoms with Gasteiger partial charge >= 0.3 is 0 Å². The second-order valence-electron chi connectivity index (χ2n) is 7.80. The standard InChI is InChI=1S/C24H26N4O3/c1-18-6-8-19(9-7-18)15-28-16-20(14-23(28)29)24(30)26-21-4-2-3-5-22(21)31-13-12-27-11-10-25-17-27/h2-11,17,20H,12-16H2,1H3,(H,26,30). The first-order valence-electron chi connectivity index (χ1n) is 10.4. The van der Waals surface area contributed by atoms with Crippen LogP contribution in [-0.2, 0) is 22.7 Å². The molecule has 4 rings (SSSR count). The number of amides is 2. The van der Waals surface area contributed by atoms with Crippen LogP contribution in [0.4, 0.5) is 5.69 Å². The zero-order valence-corrected chi connectivity index (χ0v) is 17.5. The number of aryl methyl sites for hydroxylation is 1. The number of nitrogens with zero attached hydrogens (tertiary/aromatic N) is 3. The lowest BCUT2D eigenvalue weighted by atomic mass is 10.1. The van der Waals surface area contributed by atoms with Crippen LogP contribution in [0.3, 0.4) is 0 Å². The molecule has 160 valence electrons. The second-order valence-corrected chi connectivity index (χ2v) is 7.80. The van der Waals surface area contributed by atoms with Gasteiger partial charge in [0.2, 0.25) is 11.8 Å². The Morgan fingerprint density at radius 3 is 2.77 bits per heavy atom. The number of para-hydroxylation sites is 2. The molecule has 0 saturated carbocycles. The summed E-state index contributed by atoms with van der Waals surface area (Å²) >= 11 is 0. The van der Waals surface area contributed by atoms with E-state index in [2.05, 4.69) is 10.3 Å². The maximum atomic E-state index is 12.9. The fourth-order valence-corrected chi connectivity index (χ4v) is 3.63. The van der Waals surface area contributed by atoms with E-state index in [0.29, 0.717) is 37.7 Å². The smallest absolute Gasteiger partial charge is 0.229 e. The van der Waals surface area contributed by atoms with Crippen molar-refractivity contribution in [2.45, 2.75) is 26.4 Å². The van der Waals surface area contributed by atoms with Crippen LogP contribution < -0.4 is 10.1 Å². The molecular formula is C24H26N4O3. The first-order valence-corrected chi connectivity index (χ1v) is 10.4. The van der Waals surface area contributed by atoms with Gasteiger partial charge in [0.1, 0.15) is 12.4 Å². The molecule has 7 nitrogen and oxygen atoms in total. The third-order valence-electron chi connectivity index (χ3n) is 5.39. The summed E-state index contributed by atoms with van der Waals surface area (Å²) in [5.41, 5.74) is 2.86. The molecule has 0 radical (unpaired) electrons. The van der Waals surface area contributed by atoms with Crippen molar-refractivity contribution in [2.75, 3.05) is 18.5 Å². The fraction of sp³-hybridized carbons (Fsp3) is 0.292. The van der Waals surface area contributed by atoms with Crippen LogP contribution in [0, 0.1) is 12.8 Å². The number of likely N-dealkylation sites (tertiary alicyclic amines) is 1. The monoisotopic (exact) mass is 418 g/mol. The molecule has 1 N–H and O–H groups in total. The van der Waals surface area contributed by atoms with Crippen molar-refractivity contribution < 1.29 is 14.3 Å². The number of benzene rings is 2. The summed E-state index contributed by atoms with van der Waals surface area (Å²) in [5, 5.41) is 2.95.